The summed E-state index contributed by atoms with van der Waals surface area (Å²) < 4.78 is 2.28. The van der Waals surface area contributed by atoms with Crippen molar-refractivity contribution in [1.29, 1.82) is 0 Å². The first-order valence-electron chi connectivity index (χ1n) is 6.44. The Kier molecular flexibility index (Phi) is 4.22. The average Bonchev–Trinajstić information content (AvgIpc) is 3.18. The highest BCUT2D eigenvalue weighted by atomic mass is 32.2. The number of thiazole rings is 1. The minimum absolute atomic E-state index is 0.120. The third-order valence-corrected chi connectivity index (χ3v) is 5.00. The molecule has 0 atom stereocenters. The molecule has 0 radical (unpaired) electrons. The van der Waals surface area contributed by atoms with E-state index in [1.54, 1.807) is 41.5 Å². The summed E-state index contributed by atoms with van der Waals surface area (Å²) in [5, 5.41) is 13.1. The Balaban J connectivity index is 1.98. The van der Waals surface area contributed by atoms with Gasteiger partial charge in [-0.3, -0.25) is 14.9 Å². The Morgan fingerprint density at radius 1 is 1.35 bits per heavy atom. The molecule has 1 aromatic carbocycles. The number of carbonyl (C=O) groups is 1. The van der Waals surface area contributed by atoms with Gasteiger partial charge in [-0.1, -0.05) is 11.8 Å². The van der Waals surface area contributed by atoms with Gasteiger partial charge in [0.15, 0.2) is 10.2 Å². The van der Waals surface area contributed by atoms with Crippen LogP contribution in [0, 0.1) is 10.1 Å². The van der Waals surface area contributed by atoms with E-state index in [1.807, 2.05) is 0 Å². The fourth-order valence-corrected chi connectivity index (χ4v) is 3.62. The summed E-state index contributed by atoms with van der Waals surface area (Å²) in [7, 11) is 1.70. The largest absolute Gasteiger partial charge is 0.331 e. The Morgan fingerprint density at radius 3 is 2.78 bits per heavy atom. The maximum atomic E-state index is 12.4. The highest BCUT2D eigenvalue weighted by Crippen LogP contribution is 2.36. The smallest absolute Gasteiger partial charge is 0.284 e. The van der Waals surface area contributed by atoms with Crippen molar-refractivity contribution < 1.29 is 9.72 Å². The molecule has 2 heterocycles. The van der Waals surface area contributed by atoms with Crippen LogP contribution in [0.4, 0.5) is 5.69 Å². The maximum Gasteiger partial charge on any atom is 0.284 e. The van der Waals surface area contributed by atoms with Crippen LogP contribution < -0.4 is 0 Å². The molecule has 0 N–H and O–H groups in total. The molecule has 0 amide bonds. The summed E-state index contributed by atoms with van der Waals surface area (Å²) in [5.74, 6) is -0.119. The van der Waals surface area contributed by atoms with Crippen LogP contribution in [0.3, 0.4) is 0 Å². The molecule has 9 heteroatoms. The lowest BCUT2D eigenvalue weighted by atomic mass is 10.1. The van der Waals surface area contributed by atoms with E-state index < -0.39 is 4.92 Å². The molecular formula is C14H10N4O3S2. The van der Waals surface area contributed by atoms with Crippen molar-refractivity contribution in [1.82, 2.24) is 14.5 Å². The highest BCUT2D eigenvalue weighted by Gasteiger charge is 2.21. The van der Waals surface area contributed by atoms with E-state index in [2.05, 4.69) is 9.97 Å². The van der Waals surface area contributed by atoms with Gasteiger partial charge in [0.05, 0.1) is 9.82 Å². The molecule has 7 nitrogen and oxygen atoms in total. The third kappa shape index (κ3) is 3.15. The van der Waals surface area contributed by atoms with Gasteiger partial charge in [-0.25, -0.2) is 9.97 Å². The van der Waals surface area contributed by atoms with Crippen molar-refractivity contribution in [3.05, 3.63) is 63.7 Å². The molecule has 0 fully saturated rings. The Labute approximate surface area is 139 Å². The molecule has 0 aliphatic rings. The number of nitro groups is 1. The van der Waals surface area contributed by atoms with Gasteiger partial charge in [-0.15, -0.1) is 11.3 Å². The number of aryl methyl sites for hydroxylation is 1. The monoisotopic (exact) mass is 346 g/mol. The van der Waals surface area contributed by atoms with E-state index in [9.17, 15) is 14.9 Å². The molecule has 0 aliphatic carbocycles. The Hall–Kier alpha value is -2.52. The number of nitrogens with zero attached hydrogens (tertiary/aromatic N) is 4. The van der Waals surface area contributed by atoms with Crippen LogP contribution in [-0.4, -0.2) is 25.2 Å². The fraction of sp³-hybridized carbons (Fsp3) is 0.0714. The fourth-order valence-electron chi connectivity index (χ4n) is 1.96. The number of hydrogen-bond donors (Lipinski definition) is 0. The van der Waals surface area contributed by atoms with Gasteiger partial charge in [0.2, 0.25) is 5.78 Å². The summed E-state index contributed by atoms with van der Waals surface area (Å²) in [4.78, 5) is 31.8. The van der Waals surface area contributed by atoms with E-state index in [-0.39, 0.29) is 22.9 Å². The number of imidazole rings is 1. The quantitative estimate of drug-likeness (QED) is 0.400. The summed E-state index contributed by atoms with van der Waals surface area (Å²) in [6.07, 6.45) is 4.79. The lowest BCUT2D eigenvalue weighted by Gasteiger charge is -2.04. The van der Waals surface area contributed by atoms with Crippen LogP contribution in [0.15, 0.2) is 51.4 Å². The molecule has 23 heavy (non-hydrogen) atoms. The lowest BCUT2D eigenvalue weighted by Crippen LogP contribution is -2.09. The molecule has 116 valence electrons. The zero-order valence-electron chi connectivity index (χ0n) is 11.9. The maximum absolute atomic E-state index is 12.4. The average molecular weight is 346 g/mol. The number of hydrogen-bond acceptors (Lipinski definition) is 7. The van der Waals surface area contributed by atoms with Gasteiger partial charge in [0.25, 0.3) is 5.69 Å². The third-order valence-electron chi connectivity index (χ3n) is 3.05. The van der Waals surface area contributed by atoms with E-state index in [1.165, 1.54) is 35.4 Å². The van der Waals surface area contributed by atoms with Crippen LogP contribution in [0.5, 0.6) is 0 Å². The first-order chi connectivity index (χ1) is 11.1. The van der Waals surface area contributed by atoms with Crippen LogP contribution >= 0.6 is 23.1 Å². The zero-order chi connectivity index (χ0) is 16.4. The number of carbonyl (C=O) groups excluding carboxylic acids is 1. The van der Waals surface area contributed by atoms with Crippen LogP contribution in [0.2, 0.25) is 0 Å². The first kappa shape index (κ1) is 15.4. The van der Waals surface area contributed by atoms with Gasteiger partial charge >= 0.3 is 0 Å². The summed E-state index contributed by atoms with van der Waals surface area (Å²) in [6, 6.07) is 4.42. The number of aromatic nitrogens is 3. The van der Waals surface area contributed by atoms with Gasteiger partial charge in [-0.2, -0.15) is 0 Å². The molecule has 0 aliphatic heterocycles. The molecule has 0 bridgehead atoms. The second-order valence-corrected chi connectivity index (χ2v) is 6.71. The Bertz CT molecular complexity index is 874. The minimum atomic E-state index is -0.495. The molecule has 0 unspecified atom stereocenters. The minimum Gasteiger partial charge on any atom is -0.331 e. The molecule has 0 saturated heterocycles. The number of ketones is 1. The van der Waals surface area contributed by atoms with E-state index in [4.69, 9.17) is 0 Å². The summed E-state index contributed by atoms with van der Waals surface area (Å²) in [6.45, 7) is 0. The normalized spacial score (nSPS) is 10.7. The molecule has 3 rings (SSSR count). The van der Waals surface area contributed by atoms with E-state index >= 15 is 0 Å². The van der Waals surface area contributed by atoms with Crippen molar-refractivity contribution in [2.45, 2.75) is 9.24 Å². The highest BCUT2D eigenvalue weighted by molar-refractivity contribution is 8.01. The van der Waals surface area contributed by atoms with Gasteiger partial charge in [-0.05, 0) is 12.1 Å². The van der Waals surface area contributed by atoms with E-state index in [0.717, 1.165) is 0 Å². The van der Waals surface area contributed by atoms with Crippen molar-refractivity contribution >= 4 is 34.6 Å². The predicted molar refractivity (Wildman–Crippen MR) is 86.0 cm³/mol. The van der Waals surface area contributed by atoms with Crippen molar-refractivity contribution in [2.24, 2.45) is 7.05 Å². The summed E-state index contributed by atoms with van der Waals surface area (Å²) >= 11 is 2.60. The standard InChI is InChI=1S/C14H10N4O3S2/c1-17-6-4-15-13(17)12(19)9-2-3-11(10(8-9)18(20)21)23-14-16-5-7-22-14/h2-8H,1H3. The van der Waals surface area contributed by atoms with Crippen molar-refractivity contribution in [3.63, 3.8) is 0 Å². The second-order valence-electron chi connectivity index (χ2n) is 4.53. The number of rotatable bonds is 5. The van der Waals surface area contributed by atoms with Crippen molar-refractivity contribution in [2.75, 3.05) is 0 Å². The zero-order valence-corrected chi connectivity index (χ0v) is 13.5. The molecule has 0 spiro atoms. The first-order valence-corrected chi connectivity index (χ1v) is 8.13. The Morgan fingerprint density at radius 2 is 2.17 bits per heavy atom. The number of nitro benzene ring substituents is 1. The summed E-state index contributed by atoms with van der Waals surface area (Å²) in [5.41, 5.74) is 0.111. The van der Waals surface area contributed by atoms with Crippen LogP contribution in [0.1, 0.15) is 16.2 Å². The predicted octanol–water partition coefficient (Wildman–Crippen LogP) is 3.17. The number of benzene rings is 1. The van der Waals surface area contributed by atoms with Crippen molar-refractivity contribution in [3.8, 4) is 0 Å². The molecule has 2 aromatic heterocycles. The molecule has 3 aromatic rings. The van der Waals surface area contributed by atoms with Gasteiger partial charge < -0.3 is 4.57 Å². The molecule has 0 saturated carbocycles. The lowest BCUT2D eigenvalue weighted by molar-refractivity contribution is -0.387. The second kappa shape index (κ2) is 6.31. The SMILES string of the molecule is Cn1ccnc1C(=O)c1ccc(Sc2nccs2)c([N+](=O)[O-])c1. The van der Waals surface area contributed by atoms with Gasteiger partial charge in [0.1, 0.15) is 0 Å². The van der Waals surface area contributed by atoms with Gasteiger partial charge in [0, 0.05) is 42.6 Å². The van der Waals surface area contributed by atoms with Crippen LogP contribution in [0.25, 0.3) is 0 Å². The van der Waals surface area contributed by atoms with Crippen LogP contribution in [-0.2, 0) is 7.05 Å². The molecular weight excluding hydrogens is 336 g/mol. The van der Waals surface area contributed by atoms with E-state index in [0.29, 0.717) is 9.24 Å². The topological polar surface area (TPSA) is 90.9 Å².